The zero-order chi connectivity index (χ0) is 14.4. The highest BCUT2D eigenvalue weighted by Crippen LogP contribution is 2.53. The van der Waals surface area contributed by atoms with Gasteiger partial charge in [-0.15, -0.1) is 0 Å². The summed E-state index contributed by atoms with van der Waals surface area (Å²) in [5, 5.41) is 26.5. The molecule has 0 radical (unpaired) electrons. The second-order valence-electron chi connectivity index (χ2n) is 3.97. The largest absolute Gasteiger partial charge is 0.504 e. The Bertz CT molecular complexity index is 435. The topological polar surface area (TPSA) is 83.0 Å². The molecule has 0 aliphatic rings. The van der Waals surface area contributed by atoms with Crippen LogP contribution in [-0.4, -0.2) is 37.5 Å². The number of nitrogens with one attached hydrogen (secondary N) is 2. The maximum absolute atomic E-state index is 10.3. The molecule has 0 fully saturated rings. The van der Waals surface area contributed by atoms with Crippen LogP contribution in [0.4, 0.5) is 11.4 Å². The molecule has 0 atom stereocenters. The van der Waals surface area contributed by atoms with E-state index in [9.17, 15) is 10.2 Å². The fourth-order valence-electron chi connectivity index (χ4n) is 1.83. The van der Waals surface area contributed by atoms with Gasteiger partial charge in [0.2, 0.25) is 5.75 Å². The maximum Gasteiger partial charge on any atom is 0.205 e. The van der Waals surface area contributed by atoms with Gasteiger partial charge in [-0.3, -0.25) is 0 Å². The average molecular weight is 270 g/mol. The summed E-state index contributed by atoms with van der Waals surface area (Å²) in [6.07, 6.45) is 0.881. The molecule has 0 bridgehead atoms. The fraction of sp³-hybridized carbons (Fsp3) is 0.538. The number of hydrogen-bond acceptors (Lipinski definition) is 6. The second kappa shape index (κ2) is 6.82. The van der Waals surface area contributed by atoms with Crippen molar-refractivity contribution in [3.05, 3.63) is 0 Å². The van der Waals surface area contributed by atoms with Crippen LogP contribution >= 0.6 is 0 Å². The molecular formula is C13H22N2O4. The maximum atomic E-state index is 10.3. The van der Waals surface area contributed by atoms with Crippen LogP contribution in [0.1, 0.15) is 20.3 Å². The van der Waals surface area contributed by atoms with Gasteiger partial charge in [0, 0.05) is 13.1 Å². The molecule has 6 heteroatoms. The highest BCUT2D eigenvalue weighted by atomic mass is 16.5. The molecule has 0 aromatic heterocycles. The summed E-state index contributed by atoms with van der Waals surface area (Å²) in [7, 11) is 2.85. The van der Waals surface area contributed by atoms with Gasteiger partial charge in [0.1, 0.15) is 11.4 Å². The molecule has 0 saturated heterocycles. The molecule has 1 aromatic rings. The van der Waals surface area contributed by atoms with Gasteiger partial charge in [0.15, 0.2) is 17.2 Å². The summed E-state index contributed by atoms with van der Waals surface area (Å²) in [6, 6.07) is 0. The van der Waals surface area contributed by atoms with Gasteiger partial charge >= 0.3 is 0 Å². The van der Waals surface area contributed by atoms with Crippen molar-refractivity contribution in [2.24, 2.45) is 0 Å². The standard InChI is InChI=1S/C13H22N2O4/c1-5-7-15-9-10(16)8(14-6-2)12(18-3)11(17)13(9)19-4/h14-17H,5-7H2,1-4H3. The van der Waals surface area contributed by atoms with E-state index in [0.717, 1.165) is 6.42 Å². The number of ether oxygens (including phenoxy) is 2. The van der Waals surface area contributed by atoms with E-state index in [-0.39, 0.29) is 23.0 Å². The predicted octanol–water partition coefficient (Wildman–Crippen LogP) is 2.37. The highest BCUT2D eigenvalue weighted by molar-refractivity contribution is 5.86. The molecule has 0 heterocycles. The van der Waals surface area contributed by atoms with Gasteiger partial charge in [-0.25, -0.2) is 0 Å². The predicted molar refractivity (Wildman–Crippen MR) is 75.8 cm³/mol. The van der Waals surface area contributed by atoms with Crippen molar-refractivity contribution in [1.82, 2.24) is 0 Å². The normalized spacial score (nSPS) is 10.1. The molecule has 0 unspecified atom stereocenters. The van der Waals surface area contributed by atoms with Crippen molar-refractivity contribution < 1.29 is 19.7 Å². The van der Waals surface area contributed by atoms with Crippen molar-refractivity contribution in [2.45, 2.75) is 20.3 Å². The summed E-state index contributed by atoms with van der Waals surface area (Å²) >= 11 is 0. The highest BCUT2D eigenvalue weighted by Gasteiger charge is 2.24. The molecule has 108 valence electrons. The van der Waals surface area contributed by atoms with Gasteiger partial charge in [-0.2, -0.15) is 0 Å². The first kappa shape index (κ1) is 15.1. The lowest BCUT2D eigenvalue weighted by atomic mass is 10.1. The number of benzene rings is 1. The van der Waals surface area contributed by atoms with E-state index in [1.807, 2.05) is 13.8 Å². The van der Waals surface area contributed by atoms with Crippen LogP contribution in [0.2, 0.25) is 0 Å². The van der Waals surface area contributed by atoms with Gasteiger partial charge in [-0.1, -0.05) is 6.92 Å². The Labute approximate surface area is 113 Å². The molecule has 1 aromatic carbocycles. The Kier molecular flexibility index (Phi) is 5.41. The first-order valence-electron chi connectivity index (χ1n) is 6.29. The number of phenolic OH excluding ortho intramolecular Hbond substituents is 2. The minimum atomic E-state index is -0.141. The molecule has 0 aliphatic carbocycles. The van der Waals surface area contributed by atoms with Crippen molar-refractivity contribution in [3.8, 4) is 23.0 Å². The van der Waals surface area contributed by atoms with Gasteiger partial charge in [0.05, 0.1) is 14.2 Å². The van der Waals surface area contributed by atoms with Crippen LogP contribution < -0.4 is 20.1 Å². The fourth-order valence-corrected chi connectivity index (χ4v) is 1.83. The monoisotopic (exact) mass is 270 g/mol. The number of aromatic hydroxyl groups is 2. The first-order chi connectivity index (χ1) is 9.12. The average Bonchev–Trinajstić information content (AvgIpc) is 2.41. The smallest absolute Gasteiger partial charge is 0.205 e. The number of phenols is 2. The number of anilines is 2. The van der Waals surface area contributed by atoms with Crippen molar-refractivity contribution in [1.29, 1.82) is 0 Å². The SMILES string of the molecule is CCCNc1c(O)c(NCC)c(OC)c(O)c1OC. The van der Waals surface area contributed by atoms with E-state index >= 15 is 0 Å². The van der Waals surface area contributed by atoms with E-state index in [1.54, 1.807) is 0 Å². The third-order valence-corrected chi connectivity index (χ3v) is 2.67. The molecule has 19 heavy (non-hydrogen) atoms. The molecule has 6 nitrogen and oxygen atoms in total. The number of rotatable bonds is 7. The molecule has 1 rings (SSSR count). The van der Waals surface area contributed by atoms with Crippen molar-refractivity contribution in [3.63, 3.8) is 0 Å². The summed E-state index contributed by atoms with van der Waals surface area (Å²) in [5.74, 6) is 0.168. The lowest BCUT2D eigenvalue weighted by Gasteiger charge is -2.20. The lowest BCUT2D eigenvalue weighted by molar-refractivity contribution is 0.337. The van der Waals surface area contributed by atoms with E-state index in [2.05, 4.69) is 10.6 Å². The number of hydrogen-bond donors (Lipinski definition) is 4. The van der Waals surface area contributed by atoms with E-state index in [0.29, 0.717) is 24.5 Å². The van der Waals surface area contributed by atoms with Crippen LogP contribution in [0.3, 0.4) is 0 Å². The molecule has 0 saturated carbocycles. The molecule has 0 aliphatic heterocycles. The first-order valence-corrected chi connectivity index (χ1v) is 6.29. The summed E-state index contributed by atoms with van der Waals surface area (Å²) in [4.78, 5) is 0. The minimum Gasteiger partial charge on any atom is -0.504 e. The minimum absolute atomic E-state index is 0.0261. The van der Waals surface area contributed by atoms with Crippen LogP contribution in [-0.2, 0) is 0 Å². The number of methoxy groups -OCH3 is 2. The van der Waals surface area contributed by atoms with Crippen LogP contribution in [0.5, 0.6) is 23.0 Å². The lowest BCUT2D eigenvalue weighted by Crippen LogP contribution is -2.06. The summed E-state index contributed by atoms with van der Waals surface area (Å²) < 4.78 is 10.3. The third kappa shape index (κ3) is 2.89. The quantitative estimate of drug-likeness (QED) is 0.450. The Balaban J connectivity index is 3.43. The van der Waals surface area contributed by atoms with Gasteiger partial charge in [0.25, 0.3) is 0 Å². The van der Waals surface area contributed by atoms with Crippen LogP contribution in [0.25, 0.3) is 0 Å². The third-order valence-electron chi connectivity index (χ3n) is 2.67. The molecule has 0 amide bonds. The Morgan fingerprint density at radius 3 is 1.84 bits per heavy atom. The second-order valence-corrected chi connectivity index (χ2v) is 3.97. The van der Waals surface area contributed by atoms with Gasteiger partial charge < -0.3 is 30.3 Å². The molecule has 4 N–H and O–H groups in total. The van der Waals surface area contributed by atoms with E-state index < -0.39 is 0 Å². The Morgan fingerprint density at radius 2 is 1.42 bits per heavy atom. The Morgan fingerprint density at radius 1 is 0.895 bits per heavy atom. The van der Waals surface area contributed by atoms with Crippen molar-refractivity contribution in [2.75, 3.05) is 37.9 Å². The zero-order valence-corrected chi connectivity index (χ0v) is 11.8. The van der Waals surface area contributed by atoms with Gasteiger partial charge in [-0.05, 0) is 13.3 Å². The van der Waals surface area contributed by atoms with E-state index in [4.69, 9.17) is 9.47 Å². The van der Waals surface area contributed by atoms with Crippen LogP contribution in [0, 0.1) is 0 Å². The zero-order valence-electron chi connectivity index (χ0n) is 11.8. The summed E-state index contributed by atoms with van der Waals surface area (Å²) in [5.41, 5.74) is 0.709. The summed E-state index contributed by atoms with van der Waals surface area (Å²) in [6.45, 7) is 5.13. The molecular weight excluding hydrogens is 248 g/mol. The Hall–Kier alpha value is -1.98. The molecule has 0 spiro atoms. The van der Waals surface area contributed by atoms with Crippen LogP contribution in [0.15, 0.2) is 0 Å². The van der Waals surface area contributed by atoms with E-state index in [1.165, 1.54) is 14.2 Å². The van der Waals surface area contributed by atoms with Crippen molar-refractivity contribution >= 4 is 11.4 Å².